The van der Waals surface area contributed by atoms with Crippen molar-refractivity contribution in [2.45, 2.75) is 20.4 Å². The Kier molecular flexibility index (Phi) is 4.03. The normalized spacial score (nSPS) is 10.3. The van der Waals surface area contributed by atoms with Crippen LogP contribution in [0.5, 0.6) is 5.75 Å². The number of pyridine rings is 1. The van der Waals surface area contributed by atoms with Crippen molar-refractivity contribution in [3.05, 3.63) is 52.3 Å². The standard InChI is InChI=1S/C16H17NO3/c1-4-17-15(9-8-14(11(2)18)16(17)19)12-6-5-7-13(10-12)20-3/h5-10H,4H2,1-3H3. The number of hydrogen-bond acceptors (Lipinski definition) is 3. The third-order valence-electron chi connectivity index (χ3n) is 3.24. The lowest BCUT2D eigenvalue weighted by atomic mass is 10.1. The van der Waals surface area contributed by atoms with Crippen molar-refractivity contribution in [2.75, 3.05) is 7.11 Å². The fourth-order valence-electron chi connectivity index (χ4n) is 2.19. The summed E-state index contributed by atoms with van der Waals surface area (Å²) in [6.45, 7) is 3.80. The number of ether oxygens (including phenoxy) is 1. The van der Waals surface area contributed by atoms with E-state index in [0.717, 1.165) is 17.0 Å². The first-order valence-corrected chi connectivity index (χ1v) is 6.47. The summed E-state index contributed by atoms with van der Waals surface area (Å²) in [7, 11) is 1.60. The van der Waals surface area contributed by atoms with E-state index in [0.29, 0.717) is 6.54 Å². The number of ketones is 1. The summed E-state index contributed by atoms with van der Waals surface area (Å²) in [5, 5.41) is 0. The Bertz CT molecular complexity index is 701. The van der Waals surface area contributed by atoms with E-state index in [1.807, 2.05) is 31.2 Å². The zero-order chi connectivity index (χ0) is 14.7. The van der Waals surface area contributed by atoms with Crippen LogP contribution in [0.3, 0.4) is 0 Å². The topological polar surface area (TPSA) is 48.3 Å². The van der Waals surface area contributed by atoms with Gasteiger partial charge in [-0.3, -0.25) is 9.59 Å². The van der Waals surface area contributed by atoms with Crippen LogP contribution >= 0.6 is 0 Å². The van der Waals surface area contributed by atoms with E-state index in [9.17, 15) is 9.59 Å². The predicted octanol–water partition coefficient (Wildman–Crippen LogP) is 2.75. The van der Waals surface area contributed by atoms with Gasteiger partial charge in [0, 0.05) is 12.1 Å². The molecule has 0 amide bonds. The quantitative estimate of drug-likeness (QED) is 0.803. The van der Waals surface area contributed by atoms with Gasteiger partial charge in [-0.05, 0) is 38.1 Å². The number of Topliss-reactive ketones (excluding diaryl/α,β-unsaturated/α-hetero) is 1. The summed E-state index contributed by atoms with van der Waals surface area (Å²) in [5.41, 5.74) is 1.64. The van der Waals surface area contributed by atoms with Crippen LogP contribution in [-0.2, 0) is 6.54 Å². The maximum Gasteiger partial charge on any atom is 0.261 e. The lowest BCUT2D eigenvalue weighted by Gasteiger charge is -2.13. The first kappa shape index (κ1) is 14.1. The van der Waals surface area contributed by atoms with E-state index in [2.05, 4.69) is 0 Å². The van der Waals surface area contributed by atoms with E-state index >= 15 is 0 Å². The molecule has 1 aromatic heterocycles. The summed E-state index contributed by atoms with van der Waals surface area (Å²) < 4.78 is 6.80. The van der Waals surface area contributed by atoms with E-state index in [1.54, 1.807) is 23.8 Å². The van der Waals surface area contributed by atoms with E-state index in [4.69, 9.17) is 4.74 Å². The number of nitrogens with zero attached hydrogens (tertiary/aromatic N) is 1. The number of benzene rings is 1. The van der Waals surface area contributed by atoms with Crippen molar-refractivity contribution in [1.82, 2.24) is 4.57 Å². The Balaban J connectivity index is 2.65. The molecular weight excluding hydrogens is 254 g/mol. The molecule has 2 rings (SSSR count). The lowest BCUT2D eigenvalue weighted by molar-refractivity contribution is 0.101. The van der Waals surface area contributed by atoms with Gasteiger partial charge in [-0.1, -0.05) is 12.1 Å². The summed E-state index contributed by atoms with van der Waals surface area (Å²) in [5.74, 6) is 0.516. The third-order valence-corrected chi connectivity index (χ3v) is 3.24. The molecular formula is C16H17NO3. The fraction of sp³-hybridized carbons (Fsp3) is 0.250. The first-order valence-electron chi connectivity index (χ1n) is 6.47. The Hall–Kier alpha value is -2.36. The highest BCUT2D eigenvalue weighted by molar-refractivity contribution is 5.94. The van der Waals surface area contributed by atoms with Gasteiger partial charge < -0.3 is 9.30 Å². The van der Waals surface area contributed by atoms with Crippen LogP contribution in [0.2, 0.25) is 0 Å². The zero-order valence-corrected chi connectivity index (χ0v) is 11.8. The van der Waals surface area contributed by atoms with Crippen LogP contribution in [-0.4, -0.2) is 17.5 Å². The second kappa shape index (κ2) is 5.74. The van der Waals surface area contributed by atoms with Crippen molar-refractivity contribution in [3.63, 3.8) is 0 Å². The van der Waals surface area contributed by atoms with Crippen molar-refractivity contribution in [1.29, 1.82) is 0 Å². The molecule has 2 aromatic rings. The maximum absolute atomic E-state index is 12.3. The van der Waals surface area contributed by atoms with Gasteiger partial charge in [0.15, 0.2) is 5.78 Å². The van der Waals surface area contributed by atoms with Gasteiger partial charge in [0.25, 0.3) is 5.56 Å². The summed E-state index contributed by atoms with van der Waals surface area (Å²) in [4.78, 5) is 23.8. The van der Waals surface area contributed by atoms with Gasteiger partial charge >= 0.3 is 0 Å². The molecule has 4 nitrogen and oxygen atoms in total. The molecule has 0 aliphatic rings. The van der Waals surface area contributed by atoms with Crippen LogP contribution < -0.4 is 10.3 Å². The van der Waals surface area contributed by atoms with Gasteiger partial charge in [-0.2, -0.15) is 0 Å². The molecule has 0 N–H and O–H groups in total. The Morgan fingerprint density at radius 1 is 1.25 bits per heavy atom. The summed E-state index contributed by atoms with van der Waals surface area (Å²) >= 11 is 0. The average Bonchev–Trinajstić information content (AvgIpc) is 2.46. The number of rotatable bonds is 4. The molecule has 104 valence electrons. The number of methoxy groups -OCH3 is 1. The monoisotopic (exact) mass is 271 g/mol. The van der Waals surface area contributed by atoms with E-state index in [1.165, 1.54) is 6.92 Å². The molecule has 0 spiro atoms. The van der Waals surface area contributed by atoms with E-state index in [-0.39, 0.29) is 16.9 Å². The van der Waals surface area contributed by atoms with Crippen molar-refractivity contribution >= 4 is 5.78 Å². The molecule has 0 saturated carbocycles. The van der Waals surface area contributed by atoms with E-state index < -0.39 is 0 Å². The highest BCUT2D eigenvalue weighted by Crippen LogP contribution is 2.23. The minimum atomic E-state index is -0.250. The molecule has 1 aromatic carbocycles. The minimum absolute atomic E-state index is 0.214. The molecule has 0 atom stereocenters. The molecule has 0 fully saturated rings. The number of carbonyl (C=O) groups excluding carboxylic acids is 1. The SMILES string of the molecule is CCn1c(-c2cccc(OC)c2)ccc(C(C)=O)c1=O. The molecule has 20 heavy (non-hydrogen) atoms. The highest BCUT2D eigenvalue weighted by Gasteiger charge is 2.12. The Labute approximate surface area is 117 Å². The van der Waals surface area contributed by atoms with Crippen LogP contribution in [0.4, 0.5) is 0 Å². The Morgan fingerprint density at radius 2 is 2.00 bits per heavy atom. The molecule has 0 bridgehead atoms. The molecule has 1 heterocycles. The average molecular weight is 271 g/mol. The molecule has 0 saturated heterocycles. The van der Waals surface area contributed by atoms with Crippen LogP contribution in [0.15, 0.2) is 41.2 Å². The van der Waals surface area contributed by atoms with Gasteiger partial charge in [0.1, 0.15) is 5.75 Å². The van der Waals surface area contributed by atoms with Crippen molar-refractivity contribution < 1.29 is 9.53 Å². The smallest absolute Gasteiger partial charge is 0.261 e. The van der Waals surface area contributed by atoms with Gasteiger partial charge in [0.2, 0.25) is 0 Å². The fourth-order valence-corrected chi connectivity index (χ4v) is 2.19. The van der Waals surface area contributed by atoms with Crippen LogP contribution in [0, 0.1) is 0 Å². The molecule has 4 heteroatoms. The summed E-state index contributed by atoms with van der Waals surface area (Å²) in [6.07, 6.45) is 0. The third kappa shape index (κ3) is 2.50. The number of carbonyl (C=O) groups is 1. The second-order valence-electron chi connectivity index (χ2n) is 4.47. The summed E-state index contributed by atoms with van der Waals surface area (Å²) in [6, 6.07) is 10.9. The second-order valence-corrected chi connectivity index (χ2v) is 4.47. The molecule has 0 unspecified atom stereocenters. The zero-order valence-electron chi connectivity index (χ0n) is 11.8. The molecule has 0 aliphatic heterocycles. The number of hydrogen-bond donors (Lipinski definition) is 0. The van der Waals surface area contributed by atoms with Gasteiger partial charge in [-0.25, -0.2) is 0 Å². The van der Waals surface area contributed by atoms with Gasteiger partial charge in [0.05, 0.1) is 18.4 Å². The van der Waals surface area contributed by atoms with Crippen LogP contribution in [0.25, 0.3) is 11.3 Å². The lowest BCUT2D eigenvalue weighted by Crippen LogP contribution is -2.26. The largest absolute Gasteiger partial charge is 0.497 e. The molecule has 0 aliphatic carbocycles. The minimum Gasteiger partial charge on any atom is -0.497 e. The first-order chi connectivity index (χ1) is 9.58. The van der Waals surface area contributed by atoms with Crippen molar-refractivity contribution in [3.8, 4) is 17.0 Å². The van der Waals surface area contributed by atoms with Crippen LogP contribution in [0.1, 0.15) is 24.2 Å². The molecule has 0 radical (unpaired) electrons. The Morgan fingerprint density at radius 3 is 2.60 bits per heavy atom. The van der Waals surface area contributed by atoms with Crippen molar-refractivity contribution in [2.24, 2.45) is 0 Å². The highest BCUT2D eigenvalue weighted by atomic mass is 16.5. The maximum atomic E-state index is 12.3. The van der Waals surface area contributed by atoms with Gasteiger partial charge in [-0.15, -0.1) is 0 Å². The number of aromatic nitrogens is 1. The predicted molar refractivity (Wildman–Crippen MR) is 78.4 cm³/mol.